The molecule has 0 saturated carbocycles. The molecule has 2 aromatic rings. The number of carbonyl (C=O) groups is 1. The molecule has 1 aliphatic rings. The predicted molar refractivity (Wildman–Crippen MR) is 123 cm³/mol. The number of ether oxygens (including phenoxy) is 2. The Kier molecular flexibility index (Phi) is 6.46. The van der Waals surface area contributed by atoms with Gasteiger partial charge in [0, 0.05) is 18.3 Å². The first-order valence-corrected chi connectivity index (χ1v) is 10.3. The highest BCUT2D eigenvalue weighted by molar-refractivity contribution is 7.80. The van der Waals surface area contributed by atoms with Crippen LogP contribution in [-0.4, -0.2) is 30.0 Å². The lowest BCUT2D eigenvalue weighted by Gasteiger charge is -2.35. The van der Waals surface area contributed by atoms with E-state index in [1.807, 2.05) is 37.1 Å². The number of hydrogen-bond acceptors (Lipinski definition) is 4. The van der Waals surface area contributed by atoms with Crippen LogP contribution in [0, 0.1) is 13.8 Å². The Hall–Kier alpha value is -2.86. The van der Waals surface area contributed by atoms with E-state index < -0.39 is 0 Å². The molecule has 0 amide bonds. The lowest BCUT2D eigenvalue weighted by atomic mass is 9.92. The zero-order valence-electron chi connectivity index (χ0n) is 18.3. The lowest BCUT2D eigenvalue weighted by Crippen LogP contribution is -2.45. The predicted octanol–water partition coefficient (Wildman–Crippen LogP) is 4.62. The summed E-state index contributed by atoms with van der Waals surface area (Å²) in [6, 6.07) is 11.7. The SMILES string of the molecule is COc1cc(C2NC(=S)N(C)C(C)=C2C(C)=O)ccc1OCc1cc(C)ccc1C. The topological polar surface area (TPSA) is 50.8 Å². The number of nitrogens with zero attached hydrogens (tertiary/aromatic N) is 1. The van der Waals surface area contributed by atoms with Gasteiger partial charge in [0.25, 0.3) is 0 Å². The Labute approximate surface area is 183 Å². The molecule has 1 N–H and O–H groups in total. The van der Waals surface area contributed by atoms with Crippen LogP contribution in [0.5, 0.6) is 11.5 Å². The molecule has 1 aliphatic heterocycles. The zero-order chi connectivity index (χ0) is 22.0. The third-order valence-electron chi connectivity index (χ3n) is 5.54. The van der Waals surface area contributed by atoms with Gasteiger partial charge in [-0.3, -0.25) is 4.79 Å². The fraction of sp³-hybridized carbons (Fsp3) is 0.333. The number of nitrogens with one attached hydrogen (secondary N) is 1. The molecular formula is C24H28N2O3S. The molecule has 0 radical (unpaired) electrons. The molecule has 0 aliphatic carbocycles. The van der Waals surface area contributed by atoms with Crippen LogP contribution < -0.4 is 14.8 Å². The molecule has 1 unspecified atom stereocenters. The molecule has 30 heavy (non-hydrogen) atoms. The van der Waals surface area contributed by atoms with E-state index in [4.69, 9.17) is 21.7 Å². The van der Waals surface area contributed by atoms with Crippen molar-refractivity contribution in [1.82, 2.24) is 10.2 Å². The van der Waals surface area contributed by atoms with Crippen molar-refractivity contribution >= 4 is 23.1 Å². The molecule has 0 saturated heterocycles. The number of methoxy groups -OCH3 is 1. The second-order valence-corrected chi connectivity index (χ2v) is 8.01. The number of allylic oxidation sites excluding steroid dienone is 1. The first kappa shape index (κ1) is 21.8. The van der Waals surface area contributed by atoms with E-state index in [-0.39, 0.29) is 11.8 Å². The van der Waals surface area contributed by atoms with Crippen LogP contribution in [0.25, 0.3) is 0 Å². The van der Waals surface area contributed by atoms with E-state index in [1.54, 1.807) is 14.0 Å². The maximum Gasteiger partial charge on any atom is 0.173 e. The summed E-state index contributed by atoms with van der Waals surface area (Å²) >= 11 is 5.44. The van der Waals surface area contributed by atoms with E-state index in [0.29, 0.717) is 28.8 Å². The van der Waals surface area contributed by atoms with Crippen molar-refractivity contribution in [3.8, 4) is 11.5 Å². The van der Waals surface area contributed by atoms with Crippen LogP contribution in [0.2, 0.25) is 0 Å². The third kappa shape index (κ3) is 4.33. The monoisotopic (exact) mass is 424 g/mol. The van der Waals surface area contributed by atoms with Gasteiger partial charge >= 0.3 is 0 Å². The minimum absolute atomic E-state index is 0.00793. The average molecular weight is 425 g/mol. The van der Waals surface area contributed by atoms with Crippen molar-refractivity contribution in [2.75, 3.05) is 14.2 Å². The molecule has 5 nitrogen and oxygen atoms in total. The number of Topliss-reactive ketones (excluding diaryl/α,β-unsaturated/α-hetero) is 1. The molecule has 0 bridgehead atoms. The van der Waals surface area contributed by atoms with Gasteiger partial charge < -0.3 is 19.7 Å². The molecule has 158 valence electrons. The van der Waals surface area contributed by atoms with Crippen molar-refractivity contribution in [1.29, 1.82) is 0 Å². The van der Waals surface area contributed by atoms with Gasteiger partial charge in [-0.1, -0.05) is 29.8 Å². The minimum atomic E-state index is -0.326. The van der Waals surface area contributed by atoms with E-state index in [2.05, 4.69) is 37.4 Å². The lowest BCUT2D eigenvalue weighted by molar-refractivity contribution is -0.114. The second kappa shape index (κ2) is 8.88. The van der Waals surface area contributed by atoms with Crippen LogP contribution in [0.1, 0.15) is 42.1 Å². The Morgan fingerprint density at radius 1 is 1.13 bits per heavy atom. The van der Waals surface area contributed by atoms with E-state index in [1.165, 1.54) is 11.1 Å². The molecule has 6 heteroatoms. The highest BCUT2D eigenvalue weighted by Gasteiger charge is 2.31. The summed E-state index contributed by atoms with van der Waals surface area (Å²) in [6.45, 7) is 8.09. The van der Waals surface area contributed by atoms with Crippen molar-refractivity contribution < 1.29 is 14.3 Å². The number of aryl methyl sites for hydroxylation is 2. The Bertz CT molecular complexity index is 1030. The number of benzene rings is 2. The summed E-state index contributed by atoms with van der Waals surface area (Å²) in [5.74, 6) is 1.28. The normalized spacial score (nSPS) is 16.4. The Balaban J connectivity index is 1.91. The summed E-state index contributed by atoms with van der Waals surface area (Å²) in [5, 5.41) is 3.85. The van der Waals surface area contributed by atoms with Crippen molar-refractivity contribution in [2.24, 2.45) is 0 Å². The van der Waals surface area contributed by atoms with Gasteiger partial charge in [-0.2, -0.15) is 0 Å². The quantitative estimate of drug-likeness (QED) is 0.683. The maximum atomic E-state index is 12.4. The minimum Gasteiger partial charge on any atom is -0.493 e. The third-order valence-corrected chi connectivity index (χ3v) is 5.93. The van der Waals surface area contributed by atoms with Crippen LogP contribution >= 0.6 is 12.2 Å². The summed E-state index contributed by atoms with van der Waals surface area (Å²) in [7, 11) is 3.47. The fourth-order valence-electron chi connectivity index (χ4n) is 3.64. The van der Waals surface area contributed by atoms with E-state index in [0.717, 1.165) is 16.8 Å². The van der Waals surface area contributed by atoms with Crippen molar-refractivity contribution in [2.45, 2.75) is 40.3 Å². The van der Waals surface area contributed by atoms with Gasteiger partial charge in [-0.25, -0.2) is 0 Å². The van der Waals surface area contributed by atoms with E-state index in [9.17, 15) is 4.79 Å². The number of ketones is 1. The molecular weight excluding hydrogens is 396 g/mol. The Morgan fingerprint density at radius 3 is 2.53 bits per heavy atom. The van der Waals surface area contributed by atoms with Gasteiger partial charge in [0.05, 0.1) is 13.2 Å². The average Bonchev–Trinajstić information content (AvgIpc) is 2.71. The van der Waals surface area contributed by atoms with Gasteiger partial charge in [0.1, 0.15) is 6.61 Å². The van der Waals surface area contributed by atoms with Gasteiger partial charge in [0.2, 0.25) is 0 Å². The number of hydrogen-bond donors (Lipinski definition) is 1. The number of carbonyl (C=O) groups excluding carboxylic acids is 1. The number of thiocarbonyl (C=S) groups is 1. The summed E-state index contributed by atoms with van der Waals surface area (Å²) in [5.41, 5.74) is 5.96. The molecule has 1 atom stereocenters. The molecule has 3 rings (SSSR count). The fourth-order valence-corrected chi connectivity index (χ4v) is 3.89. The molecule has 2 aromatic carbocycles. The molecule has 0 fully saturated rings. The molecule has 0 aromatic heterocycles. The first-order chi connectivity index (χ1) is 14.2. The summed E-state index contributed by atoms with van der Waals surface area (Å²) < 4.78 is 11.7. The molecule has 0 spiro atoms. The summed E-state index contributed by atoms with van der Waals surface area (Å²) in [6.07, 6.45) is 0. The largest absolute Gasteiger partial charge is 0.493 e. The van der Waals surface area contributed by atoms with Gasteiger partial charge in [-0.05, 0) is 68.7 Å². The highest BCUT2D eigenvalue weighted by Crippen LogP contribution is 2.36. The van der Waals surface area contributed by atoms with Crippen LogP contribution in [0.15, 0.2) is 47.7 Å². The second-order valence-electron chi connectivity index (χ2n) is 7.63. The zero-order valence-corrected chi connectivity index (χ0v) is 19.1. The molecule has 1 heterocycles. The van der Waals surface area contributed by atoms with Crippen molar-refractivity contribution in [3.63, 3.8) is 0 Å². The van der Waals surface area contributed by atoms with E-state index >= 15 is 0 Å². The first-order valence-electron chi connectivity index (χ1n) is 9.85. The Morgan fingerprint density at radius 2 is 1.87 bits per heavy atom. The summed E-state index contributed by atoms with van der Waals surface area (Å²) in [4.78, 5) is 14.2. The van der Waals surface area contributed by atoms with Crippen LogP contribution in [0.4, 0.5) is 0 Å². The highest BCUT2D eigenvalue weighted by atomic mass is 32.1. The van der Waals surface area contributed by atoms with Gasteiger partial charge in [0.15, 0.2) is 22.4 Å². The van der Waals surface area contributed by atoms with Gasteiger partial charge in [-0.15, -0.1) is 0 Å². The standard InChI is InChI=1S/C24H28N2O3S/c1-14-7-8-15(2)19(11-14)13-29-20-10-9-18(12-21(20)28-6)23-22(17(4)27)16(3)26(5)24(30)25-23/h7-12,23H,13H2,1-6H3,(H,25,30). The van der Waals surface area contributed by atoms with Crippen LogP contribution in [0.3, 0.4) is 0 Å². The number of rotatable bonds is 6. The maximum absolute atomic E-state index is 12.4. The van der Waals surface area contributed by atoms with Crippen LogP contribution in [-0.2, 0) is 11.4 Å². The smallest absolute Gasteiger partial charge is 0.173 e. The van der Waals surface area contributed by atoms with Crippen molar-refractivity contribution in [3.05, 3.63) is 69.9 Å².